The maximum Gasteiger partial charge on any atom is 0.293 e. The first-order valence-corrected chi connectivity index (χ1v) is 7.25. The summed E-state index contributed by atoms with van der Waals surface area (Å²) in [7, 11) is 0. The van der Waals surface area contributed by atoms with Crippen LogP contribution >= 0.6 is 0 Å². The summed E-state index contributed by atoms with van der Waals surface area (Å²) in [6, 6.07) is 11.7. The van der Waals surface area contributed by atoms with Crippen molar-refractivity contribution in [2.24, 2.45) is 0 Å². The van der Waals surface area contributed by atoms with Gasteiger partial charge in [-0.1, -0.05) is 74.9 Å². The molecule has 0 amide bonds. The number of unbranched alkanes of at least 4 members (excludes halogenated alkanes) is 1. The summed E-state index contributed by atoms with van der Waals surface area (Å²) in [6.07, 6.45) is 7.74. The number of nitriles is 1. The van der Waals surface area contributed by atoms with E-state index in [2.05, 4.69) is 31.1 Å². The largest absolute Gasteiger partial charge is 0.468 e. The fourth-order valence-corrected chi connectivity index (χ4v) is 0.934. The van der Waals surface area contributed by atoms with E-state index in [-0.39, 0.29) is 6.61 Å². The molecule has 0 radical (unpaired) electrons. The molecule has 0 fully saturated rings. The smallest absolute Gasteiger partial charge is 0.293 e. The van der Waals surface area contributed by atoms with Crippen LogP contribution in [0.5, 0.6) is 0 Å². The molecule has 4 nitrogen and oxygen atoms in total. The van der Waals surface area contributed by atoms with Crippen molar-refractivity contribution in [2.45, 2.75) is 12.8 Å². The Hall–Kier alpha value is -2.90. The van der Waals surface area contributed by atoms with Gasteiger partial charge in [0.25, 0.3) is 6.47 Å². The molecule has 0 aliphatic rings. The Labute approximate surface area is 145 Å². The minimum absolute atomic E-state index is 0.169. The summed E-state index contributed by atoms with van der Waals surface area (Å²) in [5.74, 6) is 0. The van der Waals surface area contributed by atoms with Crippen molar-refractivity contribution >= 4 is 12.5 Å². The quantitative estimate of drug-likeness (QED) is 0.350. The molecule has 0 aromatic heterocycles. The average Bonchev–Trinajstić information content (AvgIpc) is 2.67. The highest BCUT2D eigenvalue weighted by molar-refractivity contribution is 5.45. The standard InChI is InChI=1S/C8H8.C5H10O3.C4H6.C3H3N/c1-2-8-6-4-3-5-7-8;6-3-1-2-4-8-5-7;1-3-4-2;1-2-3-4/h2-7H,1H2;5-6H,1-4H2;3-4H,1-2H2;2H,1H2. The summed E-state index contributed by atoms with van der Waals surface area (Å²) in [5.41, 5.74) is 1.17. The summed E-state index contributed by atoms with van der Waals surface area (Å²) in [5, 5.41) is 15.7. The van der Waals surface area contributed by atoms with Crippen LogP contribution in [-0.2, 0) is 9.53 Å². The zero-order chi connectivity index (χ0) is 18.9. The van der Waals surface area contributed by atoms with Crippen LogP contribution in [0.25, 0.3) is 6.08 Å². The first-order valence-electron chi connectivity index (χ1n) is 7.25. The molecule has 0 aliphatic carbocycles. The number of allylic oxidation sites excluding steroid dienone is 3. The van der Waals surface area contributed by atoms with Gasteiger partial charge in [-0.05, 0) is 18.4 Å². The molecule has 1 N–H and O–H groups in total. The second kappa shape index (κ2) is 28.3. The van der Waals surface area contributed by atoms with Gasteiger partial charge in [0.2, 0.25) is 0 Å². The fourth-order valence-electron chi connectivity index (χ4n) is 0.934. The van der Waals surface area contributed by atoms with E-state index < -0.39 is 0 Å². The predicted molar refractivity (Wildman–Crippen MR) is 101 cm³/mol. The van der Waals surface area contributed by atoms with Crippen LogP contribution in [0.15, 0.2) is 74.9 Å². The van der Waals surface area contributed by atoms with Gasteiger partial charge in [0.1, 0.15) is 0 Å². The number of benzene rings is 1. The molecule has 0 unspecified atom stereocenters. The molecule has 0 saturated heterocycles. The first-order chi connectivity index (χ1) is 11.7. The van der Waals surface area contributed by atoms with Gasteiger partial charge >= 0.3 is 0 Å². The van der Waals surface area contributed by atoms with E-state index in [0.717, 1.165) is 6.42 Å². The molecule has 1 aromatic rings. The highest BCUT2D eigenvalue weighted by Gasteiger charge is 1.83. The fraction of sp³-hybridized carbons (Fsp3) is 0.200. The highest BCUT2D eigenvalue weighted by atomic mass is 16.5. The third kappa shape index (κ3) is 31.5. The lowest BCUT2D eigenvalue weighted by molar-refractivity contribution is -0.128. The number of carbonyl (C=O) groups is 1. The van der Waals surface area contributed by atoms with Crippen LogP contribution in [0.1, 0.15) is 18.4 Å². The van der Waals surface area contributed by atoms with Crippen LogP contribution in [0.2, 0.25) is 0 Å². The molecule has 1 rings (SSSR count). The van der Waals surface area contributed by atoms with Gasteiger partial charge in [-0.3, -0.25) is 4.79 Å². The second-order valence-corrected chi connectivity index (χ2v) is 3.82. The summed E-state index contributed by atoms with van der Waals surface area (Å²) in [6.45, 7) is 14.5. The maximum atomic E-state index is 9.48. The van der Waals surface area contributed by atoms with E-state index >= 15 is 0 Å². The third-order valence-electron chi connectivity index (χ3n) is 2.03. The monoisotopic (exact) mass is 329 g/mol. The minimum Gasteiger partial charge on any atom is -0.468 e. The van der Waals surface area contributed by atoms with Gasteiger partial charge < -0.3 is 9.84 Å². The Balaban J connectivity index is -0.000000260. The zero-order valence-corrected chi connectivity index (χ0v) is 14.1. The van der Waals surface area contributed by atoms with Crippen LogP contribution in [0.3, 0.4) is 0 Å². The van der Waals surface area contributed by atoms with Crippen LogP contribution in [0, 0.1) is 11.3 Å². The average molecular weight is 329 g/mol. The van der Waals surface area contributed by atoms with E-state index in [4.69, 9.17) is 10.4 Å². The lowest BCUT2D eigenvalue weighted by Crippen LogP contribution is -1.92. The number of hydrogen-bond acceptors (Lipinski definition) is 4. The van der Waals surface area contributed by atoms with E-state index in [1.165, 1.54) is 11.6 Å². The molecular weight excluding hydrogens is 302 g/mol. The molecule has 0 saturated carbocycles. The first kappa shape index (κ1) is 26.0. The predicted octanol–water partition coefficient (Wildman–Crippen LogP) is 4.32. The SMILES string of the molecule is C=CC#N.C=CC=C.C=Cc1ccccc1.O=COCCCCO. The van der Waals surface area contributed by atoms with Gasteiger partial charge in [0.05, 0.1) is 12.7 Å². The number of aliphatic hydroxyl groups excluding tert-OH is 1. The van der Waals surface area contributed by atoms with Gasteiger partial charge in [-0.15, -0.1) is 0 Å². The lowest BCUT2D eigenvalue weighted by atomic mass is 10.2. The number of ether oxygens (including phenoxy) is 1. The molecule has 0 atom stereocenters. The molecule has 4 heteroatoms. The second-order valence-electron chi connectivity index (χ2n) is 3.82. The Morgan fingerprint density at radius 1 is 1.08 bits per heavy atom. The van der Waals surface area contributed by atoms with Gasteiger partial charge in [0.15, 0.2) is 0 Å². The number of hydrogen-bond donors (Lipinski definition) is 1. The Kier molecular flexibility index (Phi) is 30.7. The molecule has 0 bridgehead atoms. The zero-order valence-electron chi connectivity index (χ0n) is 14.1. The molecule has 0 aliphatic heterocycles. The van der Waals surface area contributed by atoms with Crippen molar-refractivity contribution in [1.29, 1.82) is 5.26 Å². The van der Waals surface area contributed by atoms with Gasteiger partial charge in [-0.2, -0.15) is 5.26 Å². The molecule has 0 heterocycles. The van der Waals surface area contributed by atoms with Crippen molar-refractivity contribution in [1.82, 2.24) is 0 Å². The van der Waals surface area contributed by atoms with Crippen molar-refractivity contribution in [3.63, 3.8) is 0 Å². The molecule has 0 spiro atoms. The minimum atomic E-state index is 0.169. The van der Waals surface area contributed by atoms with Gasteiger partial charge in [-0.25, -0.2) is 0 Å². The molecule has 130 valence electrons. The maximum absolute atomic E-state index is 9.48. The Morgan fingerprint density at radius 3 is 1.92 bits per heavy atom. The van der Waals surface area contributed by atoms with E-state index in [1.807, 2.05) is 36.4 Å². The van der Waals surface area contributed by atoms with E-state index in [0.29, 0.717) is 19.5 Å². The Bertz CT molecular complexity index is 456. The summed E-state index contributed by atoms with van der Waals surface area (Å²) >= 11 is 0. The van der Waals surface area contributed by atoms with Gasteiger partial charge in [0, 0.05) is 12.7 Å². The van der Waals surface area contributed by atoms with E-state index in [9.17, 15) is 4.79 Å². The topological polar surface area (TPSA) is 70.3 Å². The van der Waals surface area contributed by atoms with E-state index in [1.54, 1.807) is 18.2 Å². The summed E-state index contributed by atoms with van der Waals surface area (Å²) < 4.78 is 4.34. The van der Waals surface area contributed by atoms with Crippen LogP contribution in [-0.4, -0.2) is 24.8 Å². The van der Waals surface area contributed by atoms with Crippen molar-refractivity contribution in [3.05, 3.63) is 80.4 Å². The Morgan fingerprint density at radius 2 is 1.62 bits per heavy atom. The number of carbonyl (C=O) groups excluding carboxylic acids is 1. The molecule has 24 heavy (non-hydrogen) atoms. The van der Waals surface area contributed by atoms with Crippen LogP contribution in [0.4, 0.5) is 0 Å². The molecular formula is C20H27NO3. The lowest BCUT2D eigenvalue weighted by Gasteiger charge is -1.93. The molecule has 1 aromatic carbocycles. The number of rotatable bonds is 7. The number of aliphatic hydroxyl groups is 1. The summed E-state index contributed by atoms with van der Waals surface area (Å²) in [4.78, 5) is 9.48. The number of nitrogens with zero attached hydrogens (tertiary/aromatic N) is 1. The third-order valence-corrected chi connectivity index (χ3v) is 2.03. The van der Waals surface area contributed by atoms with Crippen molar-refractivity contribution < 1.29 is 14.6 Å². The normalized spacial score (nSPS) is 7.17. The van der Waals surface area contributed by atoms with Crippen molar-refractivity contribution in [3.8, 4) is 6.07 Å². The highest BCUT2D eigenvalue weighted by Crippen LogP contribution is 1.97. The van der Waals surface area contributed by atoms with Crippen LogP contribution < -0.4 is 0 Å². The van der Waals surface area contributed by atoms with Crippen molar-refractivity contribution in [2.75, 3.05) is 13.2 Å².